The molecule has 18 heavy (non-hydrogen) atoms. The number of hydrogen-bond acceptors (Lipinski definition) is 3. The molecule has 1 radical (unpaired) electrons. The summed E-state index contributed by atoms with van der Waals surface area (Å²) in [6.45, 7) is 1.44. The second-order valence-corrected chi connectivity index (χ2v) is 4.27. The van der Waals surface area contributed by atoms with Gasteiger partial charge in [0.25, 0.3) is 5.91 Å². The van der Waals surface area contributed by atoms with Gasteiger partial charge in [-0.25, -0.2) is 0 Å². The van der Waals surface area contributed by atoms with Gasteiger partial charge in [0.15, 0.2) is 0 Å². The van der Waals surface area contributed by atoms with Crippen molar-refractivity contribution in [2.24, 2.45) is 0 Å². The molecule has 0 saturated carbocycles. The lowest BCUT2D eigenvalue weighted by Gasteiger charge is -2.26. The van der Waals surface area contributed by atoms with Crippen molar-refractivity contribution in [2.75, 3.05) is 13.1 Å². The van der Waals surface area contributed by atoms with Crippen molar-refractivity contribution in [1.29, 1.82) is 0 Å². The number of likely N-dealkylation sites (tertiary alicyclic amines) is 1. The van der Waals surface area contributed by atoms with Gasteiger partial charge in [-0.3, -0.25) is 14.6 Å². The van der Waals surface area contributed by atoms with Gasteiger partial charge in [0.1, 0.15) is 0 Å². The summed E-state index contributed by atoms with van der Waals surface area (Å²) in [7, 11) is 0. The third-order valence-electron chi connectivity index (χ3n) is 2.96. The zero-order chi connectivity index (χ0) is 12.8. The van der Waals surface area contributed by atoms with Crippen molar-refractivity contribution in [1.82, 2.24) is 9.88 Å². The summed E-state index contributed by atoms with van der Waals surface area (Å²) in [6.07, 6.45) is 7.99. The molecule has 2 heterocycles. The highest BCUT2D eigenvalue weighted by Gasteiger charge is 2.20. The smallest absolute Gasteiger partial charge is 0.258 e. The zero-order valence-corrected chi connectivity index (χ0v) is 10.1. The minimum Gasteiger partial charge on any atom is -0.339 e. The molecule has 1 aromatic heterocycles. The molecule has 0 spiro atoms. The van der Waals surface area contributed by atoms with E-state index in [-0.39, 0.29) is 11.5 Å². The minimum absolute atomic E-state index is 0.0515. The van der Waals surface area contributed by atoms with E-state index in [1.54, 1.807) is 29.5 Å². The Morgan fingerprint density at radius 2 is 2.06 bits per heavy atom. The van der Waals surface area contributed by atoms with E-state index < -0.39 is 0 Å². The largest absolute Gasteiger partial charge is 0.339 e. The molecule has 4 heteroatoms. The SMILES string of the molecule is O=[C]/C(=C\c1ccccn1)C(=O)N1CCCCC1. The lowest BCUT2D eigenvalue weighted by Crippen LogP contribution is -2.36. The molecule has 0 atom stereocenters. The quantitative estimate of drug-likeness (QED) is 0.460. The molecule has 1 aromatic rings. The van der Waals surface area contributed by atoms with Crippen LogP contribution in [0, 0.1) is 0 Å². The molecule has 1 aliphatic heterocycles. The second-order valence-electron chi connectivity index (χ2n) is 4.27. The summed E-state index contributed by atoms with van der Waals surface area (Å²) >= 11 is 0. The first kappa shape index (κ1) is 12.5. The minimum atomic E-state index is -0.240. The molecule has 1 fully saturated rings. The number of rotatable bonds is 3. The van der Waals surface area contributed by atoms with E-state index in [0.717, 1.165) is 32.4 Å². The first-order chi connectivity index (χ1) is 8.81. The molecule has 1 amide bonds. The second kappa shape index (κ2) is 6.10. The molecule has 1 aliphatic rings. The normalized spacial score (nSPS) is 16.4. The molecule has 0 bridgehead atoms. The van der Waals surface area contributed by atoms with Crippen LogP contribution in [0.2, 0.25) is 0 Å². The highest BCUT2D eigenvalue weighted by atomic mass is 16.2. The lowest BCUT2D eigenvalue weighted by molar-refractivity contribution is -0.127. The zero-order valence-electron chi connectivity index (χ0n) is 10.1. The molecule has 0 aromatic carbocycles. The fourth-order valence-electron chi connectivity index (χ4n) is 2.01. The Balaban J connectivity index is 2.15. The fraction of sp³-hybridized carbons (Fsp3) is 0.357. The Labute approximate surface area is 106 Å². The standard InChI is InChI=1S/C14H15N2O2/c17-11-12(10-13-6-2-3-7-15-13)14(18)16-8-4-1-5-9-16/h2-3,6-7,10H,1,4-5,8-9H2/b12-10+. The molecule has 2 rings (SSSR count). The monoisotopic (exact) mass is 243 g/mol. The predicted octanol–water partition coefficient (Wildman–Crippen LogP) is 1.59. The molecule has 0 unspecified atom stereocenters. The lowest BCUT2D eigenvalue weighted by atomic mass is 10.1. The van der Waals surface area contributed by atoms with Crippen LogP contribution in [0.4, 0.5) is 0 Å². The number of piperidine rings is 1. The van der Waals surface area contributed by atoms with Gasteiger partial charge in [-0.15, -0.1) is 0 Å². The third-order valence-corrected chi connectivity index (χ3v) is 2.96. The van der Waals surface area contributed by atoms with E-state index in [0.29, 0.717) is 5.69 Å². The van der Waals surface area contributed by atoms with E-state index in [9.17, 15) is 9.59 Å². The number of aromatic nitrogens is 1. The van der Waals surface area contributed by atoms with Crippen LogP contribution in [0.25, 0.3) is 6.08 Å². The number of pyridine rings is 1. The van der Waals surface area contributed by atoms with Gasteiger partial charge < -0.3 is 4.90 Å². The number of nitrogens with zero attached hydrogens (tertiary/aromatic N) is 2. The van der Waals surface area contributed by atoms with E-state index in [1.807, 2.05) is 6.07 Å². The van der Waals surface area contributed by atoms with Crippen molar-refractivity contribution in [3.05, 3.63) is 35.7 Å². The first-order valence-electron chi connectivity index (χ1n) is 6.11. The van der Waals surface area contributed by atoms with E-state index in [1.165, 1.54) is 6.08 Å². The Morgan fingerprint density at radius 3 is 2.67 bits per heavy atom. The number of hydrogen-bond donors (Lipinski definition) is 0. The van der Waals surface area contributed by atoms with Crippen molar-refractivity contribution in [3.8, 4) is 0 Å². The van der Waals surface area contributed by atoms with Crippen LogP contribution in [0.3, 0.4) is 0 Å². The molecular weight excluding hydrogens is 228 g/mol. The number of carbonyl (C=O) groups excluding carboxylic acids is 2. The van der Waals surface area contributed by atoms with Gasteiger partial charge in [0, 0.05) is 19.3 Å². The molecule has 4 nitrogen and oxygen atoms in total. The third kappa shape index (κ3) is 3.03. The van der Waals surface area contributed by atoms with Crippen LogP contribution < -0.4 is 0 Å². The van der Waals surface area contributed by atoms with Gasteiger partial charge in [-0.2, -0.15) is 0 Å². The summed E-state index contributed by atoms with van der Waals surface area (Å²) in [4.78, 5) is 28.8. The van der Waals surface area contributed by atoms with Crippen LogP contribution in [-0.4, -0.2) is 35.2 Å². The van der Waals surface area contributed by atoms with Crippen LogP contribution in [0.5, 0.6) is 0 Å². The Hall–Kier alpha value is -1.97. The number of amides is 1. The van der Waals surface area contributed by atoms with Crippen molar-refractivity contribution >= 4 is 18.3 Å². The maximum Gasteiger partial charge on any atom is 0.258 e. The Bertz CT molecular complexity index is 448. The Morgan fingerprint density at radius 1 is 1.28 bits per heavy atom. The summed E-state index contributed by atoms with van der Waals surface area (Å²) in [5.74, 6) is -0.240. The van der Waals surface area contributed by atoms with Gasteiger partial charge in [0.2, 0.25) is 6.29 Å². The van der Waals surface area contributed by atoms with Crippen molar-refractivity contribution in [3.63, 3.8) is 0 Å². The maximum atomic E-state index is 12.1. The van der Waals surface area contributed by atoms with Crippen molar-refractivity contribution in [2.45, 2.75) is 19.3 Å². The van der Waals surface area contributed by atoms with Crippen LogP contribution >= 0.6 is 0 Å². The summed E-state index contributed by atoms with van der Waals surface area (Å²) in [5, 5.41) is 0. The summed E-state index contributed by atoms with van der Waals surface area (Å²) in [6, 6.07) is 5.35. The molecule has 0 aliphatic carbocycles. The predicted molar refractivity (Wildman–Crippen MR) is 68.3 cm³/mol. The van der Waals surface area contributed by atoms with Crippen LogP contribution in [0.15, 0.2) is 30.0 Å². The van der Waals surface area contributed by atoms with Gasteiger partial charge in [0.05, 0.1) is 11.3 Å². The van der Waals surface area contributed by atoms with Gasteiger partial charge >= 0.3 is 0 Å². The maximum absolute atomic E-state index is 12.1. The first-order valence-corrected chi connectivity index (χ1v) is 6.11. The topological polar surface area (TPSA) is 50.3 Å². The Kier molecular flexibility index (Phi) is 4.23. The average Bonchev–Trinajstić information content (AvgIpc) is 2.46. The van der Waals surface area contributed by atoms with E-state index in [2.05, 4.69) is 4.98 Å². The molecule has 1 saturated heterocycles. The number of carbonyl (C=O) groups is 1. The average molecular weight is 243 g/mol. The van der Waals surface area contributed by atoms with Crippen LogP contribution in [-0.2, 0) is 9.59 Å². The summed E-state index contributed by atoms with van der Waals surface area (Å²) < 4.78 is 0. The highest BCUT2D eigenvalue weighted by molar-refractivity contribution is 6.14. The van der Waals surface area contributed by atoms with E-state index in [4.69, 9.17) is 0 Å². The highest BCUT2D eigenvalue weighted by Crippen LogP contribution is 2.12. The molecule has 0 N–H and O–H groups in total. The fourth-order valence-corrected chi connectivity index (χ4v) is 2.01. The van der Waals surface area contributed by atoms with Gasteiger partial charge in [-0.05, 0) is 37.5 Å². The van der Waals surface area contributed by atoms with Gasteiger partial charge in [-0.1, -0.05) is 6.07 Å². The summed E-state index contributed by atoms with van der Waals surface area (Å²) in [5.41, 5.74) is 0.650. The van der Waals surface area contributed by atoms with E-state index >= 15 is 0 Å². The molecule has 93 valence electrons. The van der Waals surface area contributed by atoms with Crippen molar-refractivity contribution < 1.29 is 9.59 Å². The van der Waals surface area contributed by atoms with Crippen LogP contribution in [0.1, 0.15) is 25.0 Å². The molecular formula is C14H15N2O2.